The molecule has 0 bridgehead atoms. The fourth-order valence-electron chi connectivity index (χ4n) is 1.34. The summed E-state index contributed by atoms with van der Waals surface area (Å²) >= 11 is 0. The Hall–Kier alpha value is -0.850. The van der Waals surface area contributed by atoms with Crippen LogP contribution < -0.4 is 0 Å². The summed E-state index contributed by atoms with van der Waals surface area (Å²) in [5.74, 6) is -0.0719. The van der Waals surface area contributed by atoms with Gasteiger partial charge in [-0.1, -0.05) is 46.2 Å². The van der Waals surface area contributed by atoms with E-state index in [1.165, 1.54) is 5.56 Å². The van der Waals surface area contributed by atoms with Crippen LogP contribution in [0.3, 0.4) is 0 Å². The largest absolute Gasteiger partial charge is 0.207 e. The lowest BCUT2D eigenvalue weighted by atomic mass is 10.1. The highest BCUT2D eigenvalue weighted by Gasteiger charge is 2.00. The maximum atomic E-state index is 13.0. The fraction of sp³-hybridized carbons (Fsp3) is 0.538. The topological polar surface area (TPSA) is 0 Å². The fourth-order valence-corrected chi connectivity index (χ4v) is 1.34. The summed E-state index contributed by atoms with van der Waals surface area (Å²) in [5, 5.41) is 0. The van der Waals surface area contributed by atoms with E-state index in [9.17, 15) is 4.39 Å². The van der Waals surface area contributed by atoms with Crippen molar-refractivity contribution >= 4 is 0 Å². The van der Waals surface area contributed by atoms with Gasteiger partial charge in [0, 0.05) is 0 Å². The van der Waals surface area contributed by atoms with Crippen LogP contribution in [-0.4, -0.2) is 0 Å². The summed E-state index contributed by atoms with van der Waals surface area (Å²) in [6.07, 6.45) is 2.95. The molecule has 80 valence electrons. The van der Waals surface area contributed by atoms with Gasteiger partial charge in [0.15, 0.2) is 0 Å². The standard InChI is InChI=1S/C11H15F.C2H6/c1-3-5-9-6-7-11(12)10(4-2)8-9;1-2/h6-8H,3-5H2,1-2H3;1-2H3. The van der Waals surface area contributed by atoms with Crippen molar-refractivity contribution in [1.82, 2.24) is 0 Å². The quantitative estimate of drug-likeness (QED) is 0.673. The van der Waals surface area contributed by atoms with Gasteiger partial charge in [-0.15, -0.1) is 0 Å². The second-order valence-electron chi connectivity index (χ2n) is 3.03. The molecule has 0 aliphatic heterocycles. The Balaban J connectivity index is 0.000000791. The summed E-state index contributed by atoms with van der Waals surface area (Å²) < 4.78 is 13.0. The molecule has 0 N–H and O–H groups in total. The van der Waals surface area contributed by atoms with Crippen LogP contribution in [0.15, 0.2) is 18.2 Å². The Labute approximate surface area is 87.2 Å². The minimum absolute atomic E-state index is 0.0719. The maximum absolute atomic E-state index is 13.0. The van der Waals surface area contributed by atoms with Gasteiger partial charge in [-0.3, -0.25) is 0 Å². The first-order chi connectivity index (χ1) is 6.77. The third-order valence-electron chi connectivity index (χ3n) is 2.03. The lowest BCUT2D eigenvalue weighted by Crippen LogP contribution is -1.91. The molecule has 0 heterocycles. The molecule has 0 radical (unpaired) electrons. The van der Waals surface area contributed by atoms with E-state index in [2.05, 4.69) is 6.92 Å². The predicted octanol–water partition coefficient (Wildman–Crippen LogP) is 4.37. The van der Waals surface area contributed by atoms with Crippen LogP contribution in [0.5, 0.6) is 0 Å². The molecule has 14 heavy (non-hydrogen) atoms. The van der Waals surface area contributed by atoms with Crippen LogP contribution in [0.25, 0.3) is 0 Å². The van der Waals surface area contributed by atoms with Gasteiger partial charge in [0.05, 0.1) is 0 Å². The Kier molecular flexibility index (Phi) is 7.09. The molecule has 1 aromatic carbocycles. The molecule has 0 atom stereocenters. The molecular weight excluding hydrogens is 175 g/mol. The van der Waals surface area contributed by atoms with Gasteiger partial charge in [-0.05, 0) is 30.0 Å². The summed E-state index contributed by atoms with van der Waals surface area (Å²) in [7, 11) is 0. The highest BCUT2D eigenvalue weighted by molar-refractivity contribution is 5.25. The summed E-state index contributed by atoms with van der Waals surface area (Å²) in [5.41, 5.74) is 2.08. The van der Waals surface area contributed by atoms with Gasteiger partial charge >= 0.3 is 0 Å². The maximum Gasteiger partial charge on any atom is 0.126 e. The van der Waals surface area contributed by atoms with Crippen LogP contribution >= 0.6 is 0 Å². The SMILES string of the molecule is CC.CCCc1ccc(F)c(CC)c1. The summed E-state index contributed by atoms with van der Waals surface area (Å²) in [6.45, 7) is 8.11. The monoisotopic (exact) mass is 196 g/mol. The van der Waals surface area contributed by atoms with Crippen LogP contribution in [0.1, 0.15) is 45.2 Å². The number of aryl methyl sites for hydroxylation is 2. The van der Waals surface area contributed by atoms with Crippen molar-refractivity contribution in [1.29, 1.82) is 0 Å². The average Bonchev–Trinajstić information content (AvgIpc) is 2.24. The normalized spacial score (nSPS) is 9.21. The van der Waals surface area contributed by atoms with E-state index >= 15 is 0 Å². The zero-order valence-electron chi connectivity index (χ0n) is 9.73. The highest BCUT2D eigenvalue weighted by Crippen LogP contribution is 2.12. The molecule has 1 rings (SSSR count). The van der Waals surface area contributed by atoms with Crippen molar-refractivity contribution in [2.24, 2.45) is 0 Å². The van der Waals surface area contributed by atoms with Crippen LogP contribution in [0, 0.1) is 5.82 Å². The molecule has 0 saturated heterocycles. The van der Waals surface area contributed by atoms with Gasteiger partial charge < -0.3 is 0 Å². The van der Waals surface area contributed by atoms with Crippen molar-refractivity contribution < 1.29 is 4.39 Å². The summed E-state index contributed by atoms with van der Waals surface area (Å²) in [6, 6.07) is 5.42. The highest BCUT2D eigenvalue weighted by atomic mass is 19.1. The lowest BCUT2D eigenvalue weighted by molar-refractivity contribution is 0.611. The Morgan fingerprint density at radius 3 is 2.29 bits per heavy atom. The number of rotatable bonds is 3. The molecule has 0 amide bonds. The first kappa shape index (κ1) is 13.2. The number of hydrogen-bond donors (Lipinski definition) is 0. The number of hydrogen-bond acceptors (Lipinski definition) is 0. The average molecular weight is 196 g/mol. The Morgan fingerprint density at radius 1 is 1.14 bits per heavy atom. The van der Waals surface area contributed by atoms with E-state index in [-0.39, 0.29) is 5.82 Å². The third kappa shape index (κ3) is 3.91. The van der Waals surface area contributed by atoms with Crippen LogP contribution in [0.4, 0.5) is 4.39 Å². The first-order valence-electron chi connectivity index (χ1n) is 5.55. The zero-order chi connectivity index (χ0) is 11.0. The molecule has 0 spiro atoms. The van der Waals surface area contributed by atoms with Crippen molar-refractivity contribution in [2.75, 3.05) is 0 Å². The molecule has 0 aromatic heterocycles. The minimum Gasteiger partial charge on any atom is -0.207 e. The van der Waals surface area contributed by atoms with Gasteiger partial charge in [-0.2, -0.15) is 0 Å². The molecule has 0 fully saturated rings. The molecule has 0 aliphatic rings. The van der Waals surface area contributed by atoms with Crippen molar-refractivity contribution in [2.45, 2.75) is 47.0 Å². The van der Waals surface area contributed by atoms with E-state index in [0.29, 0.717) is 0 Å². The zero-order valence-corrected chi connectivity index (χ0v) is 9.73. The number of benzene rings is 1. The van der Waals surface area contributed by atoms with Crippen molar-refractivity contribution in [3.8, 4) is 0 Å². The van der Waals surface area contributed by atoms with E-state index in [1.807, 2.05) is 32.9 Å². The van der Waals surface area contributed by atoms with E-state index in [0.717, 1.165) is 24.8 Å². The molecular formula is C13H21F. The molecule has 0 nitrogen and oxygen atoms in total. The van der Waals surface area contributed by atoms with Crippen LogP contribution in [0.2, 0.25) is 0 Å². The minimum atomic E-state index is -0.0719. The Morgan fingerprint density at radius 2 is 1.79 bits per heavy atom. The Bertz CT molecular complexity index is 253. The number of halogens is 1. The van der Waals surface area contributed by atoms with E-state index in [4.69, 9.17) is 0 Å². The smallest absolute Gasteiger partial charge is 0.126 e. The van der Waals surface area contributed by atoms with E-state index in [1.54, 1.807) is 6.07 Å². The molecule has 1 aromatic rings. The second kappa shape index (κ2) is 7.54. The van der Waals surface area contributed by atoms with Gasteiger partial charge in [0.2, 0.25) is 0 Å². The van der Waals surface area contributed by atoms with Crippen molar-refractivity contribution in [3.05, 3.63) is 35.1 Å². The van der Waals surface area contributed by atoms with Crippen molar-refractivity contribution in [3.63, 3.8) is 0 Å². The first-order valence-corrected chi connectivity index (χ1v) is 5.55. The van der Waals surface area contributed by atoms with E-state index < -0.39 is 0 Å². The summed E-state index contributed by atoms with van der Waals surface area (Å²) in [4.78, 5) is 0. The predicted molar refractivity (Wildman–Crippen MR) is 61.1 cm³/mol. The van der Waals surface area contributed by atoms with Gasteiger partial charge in [0.1, 0.15) is 5.82 Å². The third-order valence-corrected chi connectivity index (χ3v) is 2.03. The molecule has 1 heteroatoms. The van der Waals surface area contributed by atoms with Crippen LogP contribution in [-0.2, 0) is 12.8 Å². The van der Waals surface area contributed by atoms with Gasteiger partial charge in [-0.25, -0.2) is 4.39 Å². The second-order valence-corrected chi connectivity index (χ2v) is 3.03. The molecule has 0 unspecified atom stereocenters. The molecule has 0 saturated carbocycles. The lowest BCUT2D eigenvalue weighted by Gasteiger charge is -2.03. The van der Waals surface area contributed by atoms with Gasteiger partial charge in [0.25, 0.3) is 0 Å². The molecule has 0 aliphatic carbocycles.